The number of fused-ring (bicyclic) bond motifs is 2. The molecule has 5 rings (SSSR count). The zero-order valence-corrected chi connectivity index (χ0v) is 23.9. The number of aliphatic hydroxyl groups excluding tert-OH is 2. The van der Waals surface area contributed by atoms with Crippen LogP contribution in [0.5, 0.6) is 11.5 Å². The number of methoxy groups -OCH3 is 1. The topological polar surface area (TPSA) is 77.9 Å². The van der Waals surface area contributed by atoms with Crippen molar-refractivity contribution in [2.75, 3.05) is 77.7 Å². The third kappa shape index (κ3) is 7.28. The monoisotopic (exact) mass is 565 g/mol. The smallest absolute Gasteiger partial charge is 0.161 e. The molecule has 2 aliphatic rings. The summed E-state index contributed by atoms with van der Waals surface area (Å²) in [7, 11) is 1.65. The lowest BCUT2D eigenvalue weighted by Crippen LogP contribution is -2.40. The summed E-state index contributed by atoms with van der Waals surface area (Å²) < 4.78 is 17.1. The van der Waals surface area contributed by atoms with E-state index in [1.165, 1.54) is 9.79 Å². The van der Waals surface area contributed by atoms with Gasteiger partial charge in [0.05, 0.1) is 51.0 Å². The van der Waals surface area contributed by atoms with E-state index in [1.54, 1.807) is 18.9 Å². The first-order valence-corrected chi connectivity index (χ1v) is 14.7. The van der Waals surface area contributed by atoms with E-state index in [9.17, 15) is 10.2 Å². The van der Waals surface area contributed by atoms with Crippen LogP contribution >= 0.6 is 11.8 Å². The van der Waals surface area contributed by atoms with Gasteiger partial charge in [-0.15, -0.1) is 0 Å². The van der Waals surface area contributed by atoms with Gasteiger partial charge in [0.15, 0.2) is 11.5 Å². The number of aliphatic hydroxyl groups is 2. The van der Waals surface area contributed by atoms with E-state index in [4.69, 9.17) is 14.2 Å². The van der Waals surface area contributed by atoms with E-state index < -0.39 is 6.10 Å². The molecule has 0 saturated carbocycles. The van der Waals surface area contributed by atoms with Crippen LogP contribution in [0.3, 0.4) is 0 Å². The Kier molecular flexibility index (Phi) is 10.2. The average Bonchev–Trinajstić information content (AvgIpc) is 2.98. The Morgan fingerprint density at radius 2 is 1.68 bits per heavy atom. The van der Waals surface area contributed by atoms with Gasteiger partial charge in [-0.2, -0.15) is 0 Å². The van der Waals surface area contributed by atoms with Crippen LogP contribution in [0.15, 0.2) is 76.5 Å². The largest absolute Gasteiger partial charge is 0.493 e. The molecule has 0 amide bonds. The predicted molar refractivity (Wildman–Crippen MR) is 158 cm³/mol. The van der Waals surface area contributed by atoms with Crippen molar-refractivity contribution in [3.05, 3.63) is 72.3 Å². The fraction of sp³-hybridized carbons (Fsp3) is 0.419. The van der Waals surface area contributed by atoms with E-state index in [0.29, 0.717) is 44.3 Å². The van der Waals surface area contributed by atoms with Crippen LogP contribution in [0.1, 0.15) is 5.56 Å². The van der Waals surface area contributed by atoms with Crippen molar-refractivity contribution in [2.45, 2.75) is 22.4 Å². The summed E-state index contributed by atoms with van der Waals surface area (Å²) in [5, 5.41) is 21.0. The Hall–Kier alpha value is -2.79. The van der Waals surface area contributed by atoms with Gasteiger partial charge < -0.3 is 29.3 Å². The maximum Gasteiger partial charge on any atom is 0.161 e. The molecule has 0 unspecified atom stereocenters. The number of hydrogen-bond acceptors (Lipinski definition) is 9. The summed E-state index contributed by atoms with van der Waals surface area (Å²) in [4.78, 5) is 8.98. The second-order valence-electron chi connectivity index (χ2n) is 10.0. The predicted octanol–water partition coefficient (Wildman–Crippen LogP) is 3.86. The molecule has 0 spiro atoms. The van der Waals surface area contributed by atoms with Gasteiger partial charge in [0, 0.05) is 49.1 Å². The molecule has 0 aromatic heterocycles. The number of anilines is 2. The minimum Gasteiger partial charge on any atom is -0.493 e. The minimum absolute atomic E-state index is 0.0125. The number of ether oxygens (including phenoxy) is 3. The fourth-order valence-corrected chi connectivity index (χ4v) is 6.31. The Balaban J connectivity index is 1.21. The zero-order chi connectivity index (χ0) is 27.7. The van der Waals surface area contributed by atoms with Crippen molar-refractivity contribution >= 4 is 23.1 Å². The lowest BCUT2D eigenvalue weighted by atomic mass is 10.1. The number of nitrogens with zero attached hydrogens (tertiary/aromatic N) is 3. The highest BCUT2D eigenvalue weighted by Gasteiger charge is 2.25. The van der Waals surface area contributed by atoms with E-state index in [0.717, 1.165) is 49.8 Å². The van der Waals surface area contributed by atoms with Crippen LogP contribution in [-0.2, 0) is 11.3 Å². The van der Waals surface area contributed by atoms with Crippen LogP contribution in [-0.4, -0.2) is 98.9 Å². The molecule has 2 N–H and O–H groups in total. The average molecular weight is 566 g/mol. The van der Waals surface area contributed by atoms with E-state index in [1.807, 2.05) is 42.5 Å². The normalized spacial score (nSPS) is 15.9. The van der Waals surface area contributed by atoms with Gasteiger partial charge in [-0.05, 0) is 42.0 Å². The molecule has 0 bridgehead atoms. The van der Waals surface area contributed by atoms with Gasteiger partial charge in [-0.1, -0.05) is 42.1 Å². The molecule has 1 saturated heterocycles. The van der Waals surface area contributed by atoms with Crippen LogP contribution in [0.2, 0.25) is 0 Å². The number of β-amino-alcohol motifs (C(OH)–C–C–N with tert-alkyl or cyclic N) is 1. The lowest BCUT2D eigenvalue weighted by molar-refractivity contribution is 0.0321. The summed E-state index contributed by atoms with van der Waals surface area (Å²) in [6.07, 6.45) is -0.625. The van der Waals surface area contributed by atoms with Crippen molar-refractivity contribution in [1.29, 1.82) is 0 Å². The first kappa shape index (κ1) is 28.7. The molecule has 0 radical (unpaired) electrons. The first-order chi connectivity index (χ1) is 19.6. The number of hydrogen-bond donors (Lipinski definition) is 2. The van der Waals surface area contributed by atoms with Crippen LogP contribution in [0, 0.1) is 0 Å². The molecule has 3 aromatic carbocycles. The Morgan fingerprint density at radius 1 is 0.975 bits per heavy atom. The van der Waals surface area contributed by atoms with Gasteiger partial charge in [0.1, 0.15) is 6.61 Å². The van der Waals surface area contributed by atoms with E-state index in [-0.39, 0.29) is 6.61 Å². The lowest BCUT2D eigenvalue weighted by Gasteiger charge is -2.35. The van der Waals surface area contributed by atoms with Crippen molar-refractivity contribution in [3.63, 3.8) is 0 Å². The first-order valence-electron chi connectivity index (χ1n) is 13.9. The minimum atomic E-state index is -0.625. The third-order valence-corrected chi connectivity index (χ3v) is 8.34. The second kappa shape index (κ2) is 14.2. The molecule has 1 atom stereocenters. The molecular formula is C31H39N3O5S. The summed E-state index contributed by atoms with van der Waals surface area (Å²) in [5.41, 5.74) is 3.24. The van der Waals surface area contributed by atoms with Crippen molar-refractivity contribution in [2.24, 2.45) is 0 Å². The van der Waals surface area contributed by atoms with Gasteiger partial charge in [-0.3, -0.25) is 9.80 Å². The number of morpholine rings is 1. The Morgan fingerprint density at radius 3 is 2.35 bits per heavy atom. The van der Waals surface area contributed by atoms with Crippen LogP contribution in [0.25, 0.3) is 0 Å². The molecule has 214 valence electrons. The molecule has 3 aromatic rings. The Bertz CT molecular complexity index is 1190. The molecule has 40 heavy (non-hydrogen) atoms. The number of rotatable bonds is 13. The van der Waals surface area contributed by atoms with Gasteiger partial charge in [0.2, 0.25) is 0 Å². The van der Waals surface area contributed by atoms with Crippen LogP contribution in [0.4, 0.5) is 11.4 Å². The maximum atomic E-state index is 11.2. The van der Waals surface area contributed by atoms with E-state index in [2.05, 4.69) is 39.0 Å². The van der Waals surface area contributed by atoms with Crippen molar-refractivity contribution < 1.29 is 24.4 Å². The summed E-state index contributed by atoms with van der Waals surface area (Å²) in [6, 6.07) is 22.6. The van der Waals surface area contributed by atoms with Gasteiger partial charge >= 0.3 is 0 Å². The van der Waals surface area contributed by atoms with Crippen LogP contribution < -0.4 is 14.4 Å². The van der Waals surface area contributed by atoms with Gasteiger partial charge in [-0.25, -0.2) is 0 Å². The van der Waals surface area contributed by atoms with E-state index >= 15 is 0 Å². The quantitative estimate of drug-likeness (QED) is 0.321. The highest BCUT2D eigenvalue weighted by Crippen LogP contribution is 2.47. The second-order valence-corrected chi connectivity index (χ2v) is 11.1. The summed E-state index contributed by atoms with van der Waals surface area (Å²) in [5.74, 6) is 1.40. The SMILES string of the molecule is COc1cc(CN(CCO)C[C@H](O)CN2c3ccccc3Sc3ccccc32)ccc1OCCN1CCOCC1. The molecule has 0 aliphatic carbocycles. The molecular weight excluding hydrogens is 526 g/mol. The molecule has 9 heteroatoms. The number of para-hydroxylation sites is 2. The summed E-state index contributed by atoms with van der Waals surface area (Å²) in [6.45, 7) is 6.77. The Labute approximate surface area is 241 Å². The highest BCUT2D eigenvalue weighted by atomic mass is 32.2. The zero-order valence-electron chi connectivity index (χ0n) is 23.1. The standard InChI is InChI=1S/C31H39N3O5S/c1-37-29-20-24(10-11-28(29)39-19-15-32-13-17-38-18-14-32)21-33(12-16-35)22-25(36)23-34-26-6-2-4-8-30(26)40-31-9-5-3-7-27(31)34/h2-11,20,25,35-36H,12-19,21-23H2,1H3/t25-/m0/s1. The molecule has 1 fully saturated rings. The summed E-state index contributed by atoms with van der Waals surface area (Å²) >= 11 is 1.76. The molecule has 2 heterocycles. The molecule has 2 aliphatic heterocycles. The third-order valence-electron chi connectivity index (χ3n) is 7.21. The van der Waals surface area contributed by atoms with Crippen molar-refractivity contribution in [3.8, 4) is 11.5 Å². The van der Waals surface area contributed by atoms with Gasteiger partial charge in [0.25, 0.3) is 0 Å². The fourth-order valence-electron chi connectivity index (χ4n) is 5.22. The maximum absolute atomic E-state index is 11.2. The highest BCUT2D eigenvalue weighted by molar-refractivity contribution is 7.99. The van der Waals surface area contributed by atoms with Crippen molar-refractivity contribution in [1.82, 2.24) is 9.80 Å². The number of benzene rings is 3. The molecule has 8 nitrogen and oxygen atoms in total.